The Bertz CT molecular complexity index is 430. The minimum atomic E-state index is -0.733. The fourth-order valence-corrected chi connectivity index (χ4v) is 0.931. The summed E-state index contributed by atoms with van der Waals surface area (Å²) in [6.45, 7) is 3.20. The summed E-state index contributed by atoms with van der Waals surface area (Å²) in [6, 6.07) is -0.717. The summed E-state index contributed by atoms with van der Waals surface area (Å²) in [6.07, 6.45) is 1.17. The van der Waals surface area contributed by atoms with Gasteiger partial charge in [0.25, 0.3) is 12.7 Å². The predicted octanol–water partition coefficient (Wildman–Crippen LogP) is -1.71. The van der Waals surface area contributed by atoms with Crippen LogP contribution in [0.4, 0.5) is 0 Å². The van der Waals surface area contributed by atoms with Gasteiger partial charge >= 0.3 is 5.97 Å². The van der Waals surface area contributed by atoms with E-state index in [1.807, 2.05) is 0 Å². The van der Waals surface area contributed by atoms with Crippen LogP contribution in [-0.2, 0) is 9.53 Å². The van der Waals surface area contributed by atoms with Crippen molar-refractivity contribution in [1.29, 1.82) is 0 Å². The highest BCUT2D eigenvalue weighted by Gasteiger charge is 2.18. The molecule has 9 nitrogen and oxygen atoms in total. The first-order chi connectivity index (χ1) is 8.41. The van der Waals surface area contributed by atoms with E-state index in [0.717, 1.165) is 4.85 Å². The summed E-state index contributed by atoms with van der Waals surface area (Å²) in [5.41, 5.74) is 10.5. The van der Waals surface area contributed by atoms with E-state index in [2.05, 4.69) is 10.3 Å². The van der Waals surface area contributed by atoms with Gasteiger partial charge in [0.1, 0.15) is 12.2 Å². The molecule has 0 fully saturated rings. The number of nitrogens with zero attached hydrogens (tertiary/aromatic N) is 3. The Kier molecular flexibility index (Phi) is 4.60. The van der Waals surface area contributed by atoms with E-state index in [1.54, 1.807) is 13.8 Å². The number of hydrogen-bond acceptors (Lipinski definition) is 7. The third-order valence-electron chi connectivity index (χ3n) is 2.10. The van der Waals surface area contributed by atoms with E-state index in [-0.39, 0.29) is 18.4 Å². The van der Waals surface area contributed by atoms with Crippen molar-refractivity contribution >= 4 is 11.9 Å². The number of primary amides is 1. The molecule has 1 heterocycles. The number of amides is 1. The second kappa shape index (κ2) is 5.96. The Morgan fingerprint density at radius 1 is 1.50 bits per heavy atom. The van der Waals surface area contributed by atoms with Gasteiger partial charge in [0.15, 0.2) is 5.69 Å². The maximum absolute atomic E-state index is 11.3. The van der Waals surface area contributed by atoms with Crippen LogP contribution in [-0.4, -0.2) is 39.9 Å². The molecule has 1 atom stereocenters. The number of aromatic nitrogens is 3. The molecule has 0 unspecified atom stereocenters. The van der Waals surface area contributed by atoms with Gasteiger partial charge in [0.05, 0.1) is 0 Å². The van der Waals surface area contributed by atoms with E-state index < -0.39 is 17.9 Å². The number of hydrogen-bond donors (Lipinski definition) is 2. The predicted molar refractivity (Wildman–Crippen MR) is 58.9 cm³/mol. The lowest BCUT2D eigenvalue weighted by Gasteiger charge is -2.14. The maximum Gasteiger partial charge on any atom is 0.326 e. The molecule has 1 aromatic rings. The lowest BCUT2D eigenvalue weighted by Crippen LogP contribution is -2.38. The van der Waals surface area contributed by atoms with Gasteiger partial charge in [-0.05, 0) is 11.1 Å². The average Bonchev–Trinajstić information content (AvgIpc) is 2.76. The Morgan fingerprint density at radius 3 is 2.67 bits per heavy atom. The molecule has 9 heteroatoms. The summed E-state index contributed by atoms with van der Waals surface area (Å²) in [4.78, 5) is 27.8. The summed E-state index contributed by atoms with van der Waals surface area (Å²) >= 11 is 0. The number of carbonyl (C=O) groups is 2. The molecule has 0 bridgehead atoms. The van der Waals surface area contributed by atoms with Crippen molar-refractivity contribution in [1.82, 2.24) is 15.2 Å². The second-order valence-electron chi connectivity index (χ2n) is 3.85. The van der Waals surface area contributed by atoms with E-state index in [9.17, 15) is 9.59 Å². The third kappa shape index (κ3) is 3.70. The molecule has 0 saturated heterocycles. The standard InChI is InChI=1S/C9H15N5O4/c1-5(2)7(10)9(16)17-4-18-14-3-6(8(11)15)12-13-14/h3,5,7H,4,10H2,1-2H3,(H2,11,15)/t7-/m0/s1. The smallest absolute Gasteiger partial charge is 0.326 e. The molecule has 1 amide bonds. The summed E-state index contributed by atoms with van der Waals surface area (Å²) in [5.74, 6) is -1.35. The Labute approximate surface area is 103 Å². The Morgan fingerprint density at radius 2 is 2.17 bits per heavy atom. The molecule has 0 spiro atoms. The molecular weight excluding hydrogens is 242 g/mol. The first-order valence-corrected chi connectivity index (χ1v) is 5.19. The van der Waals surface area contributed by atoms with Crippen LogP contribution >= 0.6 is 0 Å². The number of rotatable bonds is 6. The van der Waals surface area contributed by atoms with Crippen molar-refractivity contribution in [2.75, 3.05) is 6.79 Å². The van der Waals surface area contributed by atoms with Crippen molar-refractivity contribution in [3.63, 3.8) is 0 Å². The van der Waals surface area contributed by atoms with Gasteiger partial charge in [-0.15, -0.1) is 5.10 Å². The van der Waals surface area contributed by atoms with Crippen LogP contribution in [0.2, 0.25) is 0 Å². The Balaban J connectivity index is 2.37. The van der Waals surface area contributed by atoms with Crippen molar-refractivity contribution < 1.29 is 19.2 Å². The van der Waals surface area contributed by atoms with E-state index in [0.29, 0.717) is 0 Å². The van der Waals surface area contributed by atoms with Gasteiger partial charge in [0, 0.05) is 0 Å². The van der Waals surface area contributed by atoms with Crippen molar-refractivity contribution in [2.45, 2.75) is 19.9 Å². The van der Waals surface area contributed by atoms with Crippen molar-refractivity contribution in [2.24, 2.45) is 17.4 Å². The van der Waals surface area contributed by atoms with Gasteiger partial charge in [-0.3, -0.25) is 9.59 Å². The number of carbonyl (C=O) groups excluding carboxylic acids is 2. The van der Waals surface area contributed by atoms with Crippen LogP contribution in [0, 0.1) is 5.92 Å². The highest BCUT2D eigenvalue weighted by atomic mass is 16.8. The van der Waals surface area contributed by atoms with Crippen molar-refractivity contribution in [3.8, 4) is 0 Å². The molecule has 100 valence electrons. The summed E-state index contributed by atoms with van der Waals surface area (Å²) in [5, 5.41) is 6.86. The van der Waals surface area contributed by atoms with Crippen LogP contribution in [0.25, 0.3) is 0 Å². The van der Waals surface area contributed by atoms with Gasteiger partial charge < -0.3 is 21.0 Å². The zero-order valence-corrected chi connectivity index (χ0v) is 10.1. The summed E-state index contributed by atoms with van der Waals surface area (Å²) < 4.78 is 4.75. The van der Waals surface area contributed by atoms with Crippen molar-refractivity contribution in [3.05, 3.63) is 11.9 Å². The number of nitrogens with two attached hydrogens (primary N) is 2. The minimum absolute atomic E-state index is 0.0367. The molecule has 0 aliphatic heterocycles. The quantitative estimate of drug-likeness (QED) is 0.457. The van der Waals surface area contributed by atoms with Gasteiger partial charge in [-0.1, -0.05) is 18.7 Å². The fourth-order valence-electron chi connectivity index (χ4n) is 0.931. The lowest BCUT2D eigenvalue weighted by molar-refractivity contribution is -0.160. The monoisotopic (exact) mass is 257 g/mol. The molecule has 0 saturated carbocycles. The molecule has 1 rings (SSSR count). The molecule has 0 radical (unpaired) electrons. The summed E-state index contributed by atoms with van der Waals surface area (Å²) in [7, 11) is 0. The van der Waals surface area contributed by atoms with Crippen LogP contribution in [0.15, 0.2) is 6.20 Å². The normalized spacial score (nSPS) is 12.2. The van der Waals surface area contributed by atoms with Gasteiger partial charge in [0.2, 0.25) is 0 Å². The van der Waals surface area contributed by atoms with Crippen LogP contribution in [0.3, 0.4) is 0 Å². The van der Waals surface area contributed by atoms with E-state index >= 15 is 0 Å². The highest BCUT2D eigenvalue weighted by molar-refractivity contribution is 5.90. The molecule has 0 aliphatic carbocycles. The average molecular weight is 257 g/mol. The zero-order valence-electron chi connectivity index (χ0n) is 10.1. The molecule has 4 N–H and O–H groups in total. The van der Waals surface area contributed by atoms with Crippen LogP contribution in [0.5, 0.6) is 0 Å². The topological polar surface area (TPSA) is 135 Å². The first kappa shape index (κ1) is 13.9. The largest absolute Gasteiger partial charge is 0.425 e. The fraction of sp³-hybridized carbons (Fsp3) is 0.556. The molecular formula is C9H15N5O4. The third-order valence-corrected chi connectivity index (χ3v) is 2.10. The van der Waals surface area contributed by atoms with Crippen LogP contribution in [0.1, 0.15) is 24.3 Å². The minimum Gasteiger partial charge on any atom is -0.425 e. The molecule has 18 heavy (non-hydrogen) atoms. The number of ether oxygens (including phenoxy) is 1. The molecule has 1 aromatic heterocycles. The van der Waals surface area contributed by atoms with E-state index in [4.69, 9.17) is 21.0 Å². The SMILES string of the molecule is CC(C)[C@H](N)C(=O)OCOn1cc(C(N)=O)nn1. The van der Waals surface area contributed by atoms with Gasteiger partial charge in [-0.2, -0.15) is 0 Å². The molecule has 0 aromatic carbocycles. The van der Waals surface area contributed by atoms with Crippen LogP contribution < -0.4 is 16.3 Å². The highest BCUT2D eigenvalue weighted by Crippen LogP contribution is 2.00. The Hall–Kier alpha value is -2.16. The number of esters is 1. The maximum atomic E-state index is 11.3. The molecule has 0 aliphatic rings. The first-order valence-electron chi connectivity index (χ1n) is 5.19. The van der Waals surface area contributed by atoms with Gasteiger partial charge in [-0.25, -0.2) is 0 Å². The van der Waals surface area contributed by atoms with E-state index in [1.165, 1.54) is 6.20 Å². The lowest BCUT2D eigenvalue weighted by atomic mass is 10.1. The zero-order chi connectivity index (χ0) is 13.7. The second-order valence-corrected chi connectivity index (χ2v) is 3.85.